The molecular formula is C19H24N2OS. The average Bonchev–Trinajstić information content (AvgIpc) is 2.99. The van der Waals surface area contributed by atoms with Crippen molar-refractivity contribution in [2.75, 3.05) is 19.6 Å². The van der Waals surface area contributed by atoms with Gasteiger partial charge in [0.2, 0.25) is 0 Å². The van der Waals surface area contributed by atoms with E-state index in [4.69, 9.17) is 0 Å². The van der Waals surface area contributed by atoms with Crippen LogP contribution in [0.15, 0.2) is 47.8 Å². The summed E-state index contributed by atoms with van der Waals surface area (Å²) in [5.41, 5.74) is 0.730. The molecule has 1 aromatic heterocycles. The molecule has 1 N–H and O–H groups in total. The van der Waals surface area contributed by atoms with Gasteiger partial charge < -0.3 is 5.32 Å². The first-order valence-electron chi connectivity index (χ1n) is 8.45. The highest BCUT2D eigenvalue weighted by atomic mass is 32.1. The van der Waals surface area contributed by atoms with Crippen molar-refractivity contribution in [3.8, 4) is 0 Å². The van der Waals surface area contributed by atoms with Crippen molar-refractivity contribution in [1.82, 2.24) is 10.2 Å². The molecule has 4 heteroatoms. The monoisotopic (exact) mass is 328 g/mol. The summed E-state index contributed by atoms with van der Waals surface area (Å²) in [6, 6.07) is 14.0. The molecule has 0 radical (unpaired) electrons. The Morgan fingerprint density at radius 2 is 1.78 bits per heavy atom. The molecule has 0 unspecified atom stereocenters. The zero-order chi connectivity index (χ0) is 15.9. The van der Waals surface area contributed by atoms with Crippen molar-refractivity contribution in [2.45, 2.75) is 31.7 Å². The second-order valence-electron chi connectivity index (χ2n) is 6.06. The maximum Gasteiger partial charge on any atom is 0.251 e. The number of thiophene rings is 1. The molecule has 1 amide bonds. The van der Waals surface area contributed by atoms with E-state index >= 15 is 0 Å². The van der Waals surface area contributed by atoms with Gasteiger partial charge in [-0.2, -0.15) is 0 Å². The van der Waals surface area contributed by atoms with Gasteiger partial charge in [-0.05, 0) is 49.5 Å². The molecule has 0 saturated carbocycles. The van der Waals surface area contributed by atoms with Crippen molar-refractivity contribution in [3.05, 3.63) is 58.3 Å². The number of benzene rings is 1. The SMILES string of the molecule is O=C(NC[C@H](c1cccs1)N1CCCCCC1)c1ccccc1. The number of carbonyl (C=O) groups is 1. The summed E-state index contributed by atoms with van der Waals surface area (Å²) in [6.45, 7) is 2.93. The van der Waals surface area contributed by atoms with Crippen LogP contribution >= 0.6 is 11.3 Å². The maximum absolute atomic E-state index is 12.3. The lowest BCUT2D eigenvalue weighted by Gasteiger charge is -2.30. The molecule has 0 aliphatic carbocycles. The number of rotatable bonds is 5. The van der Waals surface area contributed by atoms with Crippen LogP contribution in [0, 0.1) is 0 Å². The lowest BCUT2D eigenvalue weighted by Crippen LogP contribution is -2.38. The molecule has 122 valence electrons. The molecule has 1 saturated heterocycles. The highest BCUT2D eigenvalue weighted by molar-refractivity contribution is 7.10. The van der Waals surface area contributed by atoms with Crippen LogP contribution in [0.3, 0.4) is 0 Å². The minimum absolute atomic E-state index is 0.0157. The topological polar surface area (TPSA) is 32.3 Å². The molecule has 0 bridgehead atoms. The van der Waals surface area contributed by atoms with Gasteiger partial charge in [0.1, 0.15) is 0 Å². The third-order valence-electron chi connectivity index (χ3n) is 4.44. The van der Waals surface area contributed by atoms with Gasteiger partial charge in [0, 0.05) is 17.0 Å². The van der Waals surface area contributed by atoms with Gasteiger partial charge in [0.15, 0.2) is 0 Å². The first-order chi connectivity index (χ1) is 11.3. The molecule has 3 nitrogen and oxygen atoms in total. The van der Waals surface area contributed by atoms with E-state index in [1.165, 1.54) is 30.6 Å². The predicted molar refractivity (Wildman–Crippen MR) is 95.9 cm³/mol. The smallest absolute Gasteiger partial charge is 0.251 e. The molecule has 3 rings (SSSR count). The average molecular weight is 328 g/mol. The third kappa shape index (κ3) is 4.43. The van der Waals surface area contributed by atoms with E-state index < -0.39 is 0 Å². The molecule has 1 aliphatic heterocycles. The van der Waals surface area contributed by atoms with E-state index in [9.17, 15) is 4.79 Å². The highest BCUT2D eigenvalue weighted by Gasteiger charge is 2.23. The summed E-state index contributed by atoms with van der Waals surface area (Å²) < 4.78 is 0. The van der Waals surface area contributed by atoms with E-state index in [0.717, 1.165) is 18.7 Å². The second-order valence-corrected chi connectivity index (χ2v) is 7.04. The predicted octanol–water partition coefficient (Wildman–Crippen LogP) is 4.10. The first-order valence-corrected chi connectivity index (χ1v) is 9.33. The Hall–Kier alpha value is -1.65. The van der Waals surface area contributed by atoms with Gasteiger partial charge in [-0.25, -0.2) is 0 Å². The molecule has 1 aliphatic rings. The zero-order valence-electron chi connectivity index (χ0n) is 13.4. The molecule has 1 atom stereocenters. The van der Waals surface area contributed by atoms with Crippen molar-refractivity contribution in [3.63, 3.8) is 0 Å². The molecule has 23 heavy (non-hydrogen) atoms. The van der Waals surface area contributed by atoms with E-state index in [-0.39, 0.29) is 5.91 Å². The molecule has 2 aromatic rings. The Labute approximate surface area is 142 Å². The van der Waals surface area contributed by atoms with Gasteiger partial charge in [-0.3, -0.25) is 9.69 Å². The van der Waals surface area contributed by atoms with Gasteiger partial charge in [0.05, 0.1) is 6.04 Å². The number of carbonyl (C=O) groups excluding carboxylic acids is 1. The fourth-order valence-corrected chi connectivity index (χ4v) is 4.04. The fourth-order valence-electron chi connectivity index (χ4n) is 3.18. The zero-order valence-corrected chi connectivity index (χ0v) is 14.2. The number of nitrogens with zero attached hydrogens (tertiary/aromatic N) is 1. The van der Waals surface area contributed by atoms with Crippen LogP contribution in [-0.4, -0.2) is 30.4 Å². The second kappa shape index (κ2) is 8.27. The number of hydrogen-bond acceptors (Lipinski definition) is 3. The molecular weight excluding hydrogens is 304 g/mol. The standard InChI is InChI=1S/C19H24N2OS/c22-19(16-9-4-3-5-10-16)20-15-17(18-11-8-14-23-18)21-12-6-1-2-7-13-21/h3-5,8-11,14,17H,1-2,6-7,12-13,15H2,(H,20,22)/t17-/m1/s1. The minimum Gasteiger partial charge on any atom is -0.350 e. The summed E-state index contributed by atoms with van der Waals surface area (Å²) in [6.07, 6.45) is 5.16. The third-order valence-corrected chi connectivity index (χ3v) is 5.42. The van der Waals surface area contributed by atoms with Crippen molar-refractivity contribution in [2.24, 2.45) is 0 Å². The lowest BCUT2D eigenvalue weighted by molar-refractivity contribution is 0.0934. The van der Waals surface area contributed by atoms with E-state index in [1.54, 1.807) is 11.3 Å². The fraction of sp³-hybridized carbons (Fsp3) is 0.421. The van der Waals surface area contributed by atoms with Gasteiger partial charge in [-0.1, -0.05) is 37.1 Å². The summed E-state index contributed by atoms with van der Waals surface area (Å²) in [5, 5.41) is 5.26. The van der Waals surface area contributed by atoms with Crippen LogP contribution in [0.2, 0.25) is 0 Å². The summed E-state index contributed by atoms with van der Waals surface area (Å²) >= 11 is 1.79. The summed E-state index contributed by atoms with van der Waals surface area (Å²) in [7, 11) is 0. The van der Waals surface area contributed by atoms with Crippen LogP contribution in [0.1, 0.15) is 47.0 Å². The minimum atomic E-state index is 0.0157. The van der Waals surface area contributed by atoms with Gasteiger partial charge >= 0.3 is 0 Å². The number of nitrogens with one attached hydrogen (secondary N) is 1. The van der Waals surface area contributed by atoms with Crippen LogP contribution in [0.4, 0.5) is 0 Å². The van der Waals surface area contributed by atoms with Crippen LogP contribution in [0.25, 0.3) is 0 Å². The van der Waals surface area contributed by atoms with Crippen molar-refractivity contribution >= 4 is 17.2 Å². The van der Waals surface area contributed by atoms with E-state index in [0.29, 0.717) is 12.6 Å². The quantitative estimate of drug-likeness (QED) is 0.896. The number of hydrogen-bond donors (Lipinski definition) is 1. The lowest BCUT2D eigenvalue weighted by atomic mass is 10.1. The maximum atomic E-state index is 12.3. The molecule has 1 fully saturated rings. The van der Waals surface area contributed by atoms with Crippen molar-refractivity contribution in [1.29, 1.82) is 0 Å². The molecule has 0 spiro atoms. The van der Waals surface area contributed by atoms with Gasteiger partial charge in [0.25, 0.3) is 5.91 Å². The summed E-state index contributed by atoms with van der Waals surface area (Å²) in [4.78, 5) is 16.2. The highest BCUT2D eigenvalue weighted by Crippen LogP contribution is 2.27. The Balaban J connectivity index is 1.67. The summed E-state index contributed by atoms with van der Waals surface area (Å²) in [5.74, 6) is 0.0157. The number of amides is 1. The van der Waals surface area contributed by atoms with Crippen LogP contribution in [0.5, 0.6) is 0 Å². The van der Waals surface area contributed by atoms with Gasteiger partial charge in [-0.15, -0.1) is 11.3 Å². The first kappa shape index (κ1) is 16.2. The van der Waals surface area contributed by atoms with E-state index in [2.05, 4.69) is 27.7 Å². The normalized spacial score (nSPS) is 17.4. The Bertz CT molecular complexity index is 589. The Morgan fingerprint density at radius 3 is 2.43 bits per heavy atom. The largest absolute Gasteiger partial charge is 0.350 e. The Kier molecular flexibility index (Phi) is 5.83. The van der Waals surface area contributed by atoms with Crippen LogP contribution in [-0.2, 0) is 0 Å². The van der Waals surface area contributed by atoms with Crippen LogP contribution < -0.4 is 5.32 Å². The van der Waals surface area contributed by atoms with E-state index in [1.807, 2.05) is 30.3 Å². The Morgan fingerprint density at radius 1 is 1.04 bits per heavy atom. The molecule has 2 heterocycles. The van der Waals surface area contributed by atoms with Crippen molar-refractivity contribution < 1.29 is 4.79 Å². The molecule has 1 aromatic carbocycles. The number of likely N-dealkylation sites (tertiary alicyclic amines) is 1.